The van der Waals surface area contributed by atoms with Gasteiger partial charge in [-0.15, -0.1) is 15.3 Å². The van der Waals surface area contributed by atoms with Gasteiger partial charge >= 0.3 is 0 Å². The lowest BCUT2D eigenvalue weighted by atomic mass is 9.77. The van der Waals surface area contributed by atoms with E-state index in [0.717, 1.165) is 56.8 Å². The Hall–Kier alpha value is -4.84. The van der Waals surface area contributed by atoms with Crippen LogP contribution in [0, 0.1) is 17.3 Å². The average molecular weight is 623 g/mol. The van der Waals surface area contributed by atoms with Gasteiger partial charge in [-0.2, -0.15) is 0 Å². The maximum absolute atomic E-state index is 12.8. The van der Waals surface area contributed by atoms with Crippen LogP contribution in [0.5, 0.6) is 5.75 Å². The van der Waals surface area contributed by atoms with Crippen molar-refractivity contribution in [1.82, 2.24) is 29.8 Å². The second kappa shape index (κ2) is 11.2. The molecule has 1 amide bonds. The van der Waals surface area contributed by atoms with Gasteiger partial charge < -0.3 is 24.6 Å². The molecular formula is C34H37N9O3. The summed E-state index contributed by atoms with van der Waals surface area (Å²) in [5.74, 6) is 1.57. The molecule has 0 radical (unpaired) electrons. The number of aromatic nitrogens is 6. The van der Waals surface area contributed by atoms with Gasteiger partial charge in [0.25, 0.3) is 0 Å². The number of benzene rings is 1. The number of nitrogens with zero attached hydrogens (tertiary/aromatic N) is 8. The number of carbonyl (C=O) groups excluding carboxylic acids is 1. The molecule has 1 saturated carbocycles. The minimum absolute atomic E-state index is 0.0295. The van der Waals surface area contributed by atoms with E-state index in [1.54, 1.807) is 36.0 Å². The van der Waals surface area contributed by atoms with Crippen molar-refractivity contribution < 1.29 is 18.4 Å². The Morgan fingerprint density at radius 1 is 1.17 bits per heavy atom. The largest absolute Gasteiger partial charge is 0.497 e. The zero-order valence-corrected chi connectivity index (χ0v) is 25.8. The third-order valence-electron chi connectivity index (χ3n) is 9.63. The Balaban J connectivity index is 1.18. The first-order valence-corrected chi connectivity index (χ1v) is 15.7. The minimum atomic E-state index is -2.56. The number of methoxy groups -OCH3 is 1. The average Bonchev–Trinajstić information content (AvgIpc) is 3.67. The molecule has 5 aromatic rings. The fraction of sp³-hybridized carbons (Fsp3) is 0.412. The third-order valence-corrected chi connectivity index (χ3v) is 9.63. The predicted octanol–water partition coefficient (Wildman–Crippen LogP) is 4.59. The zero-order chi connectivity index (χ0) is 33.9. The molecule has 3 fully saturated rings. The van der Waals surface area contributed by atoms with Gasteiger partial charge in [-0.05, 0) is 61.1 Å². The number of ether oxygens (including phenoxy) is 2. The molecule has 0 unspecified atom stereocenters. The van der Waals surface area contributed by atoms with E-state index in [0.29, 0.717) is 39.5 Å². The predicted molar refractivity (Wildman–Crippen MR) is 175 cm³/mol. The van der Waals surface area contributed by atoms with Crippen LogP contribution in [0.25, 0.3) is 27.9 Å². The normalized spacial score (nSPS) is 21.3. The lowest BCUT2D eigenvalue weighted by Crippen LogP contribution is -2.51. The second-order valence-corrected chi connectivity index (χ2v) is 12.8. The highest BCUT2D eigenvalue weighted by molar-refractivity contribution is 6.01. The fourth-order valence-corrected chi connectivity index (χ4v) is 6.44. The molecule has 1 N–H and O–H groups in total. The van der Waals surface area contributed by atoms with Crippen LogP contribution in [-0.4, -0.2) is 76.1 Å². The highest BCUT2D eigenvalue weighted by atomic mass is 16.5. The van der Waals surface area contributed by atoms with Gasteiger partial charge in [0.15, 0.2) is 23.1 Å². The summed E-state index contributed by atoms with van der Waals surface area (Å²) in [6, 6.07) is 12.9. The molecule has 1 aromatic carbocycles. The molecule has 6 heterocycles. The zero-order valence-electron chi connectivity index (χ0n) is 28.8. The van der Waals surface area contributed by atoms with E-state index in [9.17, 15) is 4.79 Å². The van der Waals surface area contributed by atoms with Crippen molar-refractivity contribution in [3.05, 3.63) is 60.4 Å². The molecule has 2 saturated heterocycles. The molecule has 12 heteroatoms. The van der Waals surface area contributed by atoms with E-state index >= 15 is 0 Å². The Bertz CT molecular complexity index is 2040. The summed E-state index contributed by atoms with van der Waals surface area (Å²) >= 11 is 0. The van der Waals surface area contributed by atoms with Crippen LogP contribution in [0.1, 0.15) is 35.9 Å². The first-order valence-electron chi connectivity index (χ1n) is 17.2. The molecule has 2 aliphatic heterocycles. The van der Waals surface area contributed by atoms with Crippen LogP contribution in [0.15, 0.2) is 54.9 Å². The third kappa shape index (κ3) is 5.26. The molecule has 46 heavy (non-hydrogen) atoms. The van der Waals surface area contributed by atoms with Gasteiger partial charge in [-0.25, -0.2) is 14.5 Å². The number of nitrogens with one attached hydrogen (secondary N) is 1. The Morgan fingerprint density at radius 3 is 2.67 bits per heavy atom. The number of rotatable bonds is 8. The molecule has 12 nitrogen and oxygen atoms in total. The van der Waals surface area contributed by atoms with E-state index in [1.165, 1.54) is 4.90 Å². The Morgan fingerprint density at radius 2 is 1.98 bits per heavy atom. The van der Waals surface area contributed by atoms with Gasteiger partial charge in [0, 0.05) is 59.2 Å². The van der Waals surface area contributed by atoms with Crippen molar-refractivity contribution in [3.8, 4) is 17.1 Å². The number of piperidine rings is 1. The maximum atomic E-state index is 12.8. The highest BCUT2D eigenvalue weighted by Crippen LogP contribution is 2.40. The van der Waals surface area contributed by atoms with Crippen molar-refractivity contribution in [1.29, 1.82) is 0 Å². The van der Waals surface area contributed by atoms with Crippen molar-refractivity contribution in [2.24, 2.45) is 17.3 Å². The molecule has 4 aromatic heterocycles. The number of pyridine rings is 2. The smallest absolute Gasteiger partial charge is 0.228 e. The lowest BCUT2D eigenvalue weighted by molar-refractivity contribution is -0.124. The molecule has 236 valence electrons. The first-order chi connectivity index (χ1) is 23.6. The first kappa shape index (κ1) is 25.4. The van der Waals surface area contributed by atoms with Gasteiger partial charge in [0.05, 0.1) is 32.2 Å². The SMILES string of the molecule is [2H]C([2H])([2H])N(Cc1ccc(OC)cc1)c1ncc(-c2nc3ccc(N4CCC5(CC4)COC5)cn3n2)c2cc(NC(=O)[C@H]3C[C@H]3C)nnc12. The summed E-state index contributed by atoms with van der Waals surface area (Å²) in [4.78, 5) is 25.9. The van der Waals surface area contributed by atoms with Crippen LogP contribution in [0.2, 0.25) is 0 Å². The maximum Gasteiger partial charge on any atom is 0.228 e. The molecule has 0 bridgehead atoms. The topological polar surface area (TPSA) is 123 Å². The summed E-state index contributed by atoms with van der Waals surface area (Å²) in [5, 5.41) is 17.0. The molecule has 1 spiro atoms. The van der Waals surface area contributed by atoms with Crippen molar-refractivity contribution in [2.45, 2.75) is 32.7 Å². The van der Waals surface area contributed by atoms with Gasteiger partial charge in [0.2, 0.25) is 5.91 Å². The standard InChI is InChI=1S/C34H37N9O3/c1-21-14-25(21)33(44)36-28-15-26-27(16-35-32(30(26)39-38-28)41(2)17-22-4-7-24(45-3)8-5-22)31-37-29-9-6-23(18-43(29)40-31)42-12-10-34(11-13-42)19-46-20-34/h4-9,15-16,18,21,25H,10-14,17,19-20H2,1-3H3,(H,36,38,44)/t21-,25+/m1/s1/i2D3. The quantitative estimate of drug-likeness (QED) is 0.263. The summed E-state index contributed by atoms with van der Waals surface area (Å²) in [6.45, 7) is 3.12. The van der Waals surface area contributed by atoms with Crippen LogP contribution < -0.4 is 19.9 Å². The van der Waals surface area contributed by atoms with Crippen molar-refractivity contribution >= 4 is 39.8 Å². The van der Waals surface area contributed by atoms with Crippen molar-refractivity contribution in [2.75, 3.05) is 55.5 Å². The number of hydrogen-bond donors (Lipinski definition) is 1. The summed E-state index contributed by atoms with van der Waals surface area (Å²) in [5.41, 5.74) is 3.58. The number of carbonyl (C=O) groups is 1. The Labute approximate surface area is 271 Å². The summed E-state index contributed by atoms with van der Waals surface area (Å²) in [6.07, 6.45) is 6.58. The monoisotopic (exact) mass is 622 g/mol. The van der Waals surface area contributed by atoms with E-state index in [1.807, 2.05) is 31.3 Å². The van der Waals surface area contributed by atoms with Crippen LogP contribution >= 0.6 is 0 Å². The summed E-state index contributed by atoms with van der Waals surface area (Å²) < 4.78 is 37.8. The fourth-order valence-electron chi connectivity index (χ4n) is 6.44. The second-order valence-electron chi connectivity index (χ2n) is 12.8. The van der Waals surface area contributed by atoms with Gasteiger partial charge in [-0.3, -0.25) is 4.79 Å². The molecular weight excluding hydrogens is 582 g/mol. The lowest BCUT2D eigenvalue weighted by Gasteiger charge is -2.47. The number of amides is 1. The van der Waals surface area contributed by atoms with E-state index in [2.05, 4.69) is 31.5 Å². The highest BCUT2D eigenvalue weighted by Gasteiger charge is 2.41. The number of anilines is 3. The Kier molecular flexibility index (Phi) is 6.17. The number of hydrogen-bond acceptors (Lipinski definition) is 10. The van der Waals surface area contributed by atoms with E-state index in [-0.39, 0.29) is 35.5 Å². The van der Waals surface area contributed by atoms with Crippen molar-refractivity contribution in [3.63, 3.8) is 0 Å². The van der Waals surface area contributed by atoms with Crippen LogP contribution in [-0.2, 0) is 16.1 Å². The molecule has 8 rings (SSSR count). The minimum Gasteiger partial charge on any atom is -0.497 e. The molecule has 2 atom stereocenters. The van der Waals surface area contributed by atoms with E-state index in [4.69, 9.17) is 23.7 Å². The van der Waals surface area contributed by atoms with Crippen LogP contribution in [0.4, 0.5) is 17.3 Å². The molecule has 1 aliphatic carbocycles. The molecule has 3 aliphatic rings. The van der Waals surface area contributed by atoms with Gasteiger partial charge in [-0.1, -0.05) is 19.1 Å². The van der Waals surface area contributed by atoms with Gasteiger partial charge in [0.1, 0.15) is 11.3 Å². The number of fused-ring (bicyclic) bond motifs is 2. The summed E-state index contributed by atoms with van der Waals surface area (Å²) in [7, 11) is 1.58. The van der Waals surface area contributed by atoms with Crippen LogP contribution in [0.3, 0.4) is 0 Å². The van der Waals surface area contributed by atoms with E-state index < -0.39 is 6.98 Å².